The summed E-state index contributed by atoms with van der Waals surface area (Å²) in [4.78, 5) is 0. The summed E-state index contributed by atoms with van der Waals surface area (Å²) in [5, 5.41) is 0. The van der Waals surface area contributed by atoms with E-state index in [2.05, 4.69) is 4.74 Å². The van der Waals surface area contributed by atoms with Gasteiger partial charge in [0, 0.05) is 0 Å². The second-order valence-electron chi connectivity index (χ2n) is 2.52. The molecule has 0 unspecified atom stereocenters. The van der Waals surface area contributed by atoms with Crippen LogP contribution < -0.4 is 4.74 Å². The Morgan fingerprint density at radius 1 is 1.13 bits per heavy atom. The highest BCUT2D eigenvalue weighted by Gasteiger charge is 2.31. The number of benzene rings is 1. The van der Waals surface area contributed by atoms with Crippen LogP contribution in [0.15, 0.2) is 18.2 Å². The maximum absolute atomic E-state index is 12.7. The van der Waals surface area contributed by atoms with Gasteiger partial charge < -0.3 is 4.74 Å². The van der Waals surface area contributed by atoms with Crippen LogP contribution in [0, 0.1) is 5.82 Å². The highest BCUT2D eigenvalue weighted by atomic mass is 19.4. The largest absolute Gasteiger partial charge is 0.432 e. The summed E-state index contributed by atoms with van der Waals surface area (Å²) in [5.41, 5.74) is -1.25. The Balaban J connectivity index is 3.06. The summed E-state index contributed by atoms with van der Waals surface area (Å²) in [6, 6.07) is 1.04. The Morgan fingerprint density at radius 3 is 2.20 bits per heavy atom. The predicted molar refractivity (Wildman–Crippen MR) is 38.0 cm³/mol. The molecule has 0 aliphatic carbocycles. The molecule has 0 bridgehead atoms. The summed E-state index contributed by atoms with van der Waals surface area (Å²) in [6.07, 6.45) is -4.73. The number of halogens is 6. The predicted octanol–water partition coefficient (Wildman–Crippen LogP) is 3.45. The lowest BCUT2D eigenvalue weighted by Crippen LogP contribution is -2.08. The minimum Gasteiger partial charge on any atom is -0.432 e. The Bertz CT molecular complexity index is 345. The third kappa shape index (κ3) is 3.03. The second-order valence-corrected chi connectivity index (χ2v) is 2.52. The Labute approximate surface area is 80.3 Å². The third-order valence-corrected chi connectivity index (χ3v) is 1.47. The van der Waals surface area contributed by atoms with Crippen molar-refractivity contribution < 1.29 is 31.1 Å². The van der Waals surface area contributed by atoms with Crippen molar-refractivity contribution in [1.29, 1.82) is 0 Å². The molecule has 1 rings (SSSR count). The minimum atomic E-state index is -4.73. The lowest BCUT2D eigenvalue weighted by atomic mass is 10.2. The molecule has 1 aromatic carbocycles. The fraction of sp³-hybridized carbons (Fsp3) is 0.250. The molecular weight excluding hydrogens is 226 g/mol. The van der Waals surface area contributed by atoms with Gasteiger partial charge >= 0.3 is 12.8 Å². The summed E-state index contributed by atoms with van der Waals surface area (Å²) >= 11 is 0. The van der Waals surface area contributed by atoms with E-state index in [4.69, 9.17) is 0 Å². The van der Waals surface area contributed by atoms with Crippen LogP contribution in [0.5, 0.6) is 5.75 Å². The van der Waals surface area contributed by atoms with E-state index in [1.165, 1.54) is 0 Å². The molecule has 0 saturated carbocycles. The molecule has 0 heterocycles. The lowest BCUT2D eigenvalue weighted by Gasteiger charge is -2.10. The fourth-order valence-corrected chi connectivity index (χ4v) is 0.866. The molecule has 84 valence electrons. The van der Waals surface area contributed by atoms with E-state index in [1.807, 2.05) is 0 Å². The third-order valence-electron chi connectivity index (χ3n) is 1.47. The van der Waals surface area contributed by atoms with E-state index in [-0.39, 0.29) is 6.07 Å². The number of hydrogen-bond acceptors (Lipinski definition) is 1. The Kier molecular flexibility index (Phi) is 3.11. The zero-order valence-electron chi connectivity index (χ0n) is 6.99. The quantitative estimate of drug-likeness (QED) is 0.707. The first kappa shape index (κ1) is 11.7. The van der Waals surface area contributed by atoms with Crippen LogP contribution in [0.2, 0.25) is 0 Å². The van der Waals surface area contributed by atoms with Gasteiger partial charge in [-0.2, -0.15) is 22.0 Å². The molecule has 15 heavy (non-hydrogen) atoms. The number of ether oxygens (including phenoxy) is 1. The van der Waals surface area contributed by atoms with Crippen LogP contribution in [0.3, 0.4) is 0 Å². The maximum Gasteiger partial charge on any atom is 0.416 e. The molecule has 0 aromatic heterocycles. The molecule has 7 heteroatoms. The van der Waals surface area contributed by atoms with Crippen molar-refractivity contribution in [2.75, 3.05) is 0 Å². The molecule has 0 radical (unpaired) electrons. The molecule has 1 nitrogen and oxygen atoms in total. The molecule has 0 amide bonds. The van der Waals surface area contributed by atoms with Crippen LogP contribution in [0.1, 0.15) is 5.56 Å². The van der Waals surface area contributed by atoms with Gasteiger partial charge in [-0.1, -0.05) is 0 Å². The monoisotopic (exact) mass is 230 g/mol. The van der Waals surface area contributed by atoms with Gasteiger partial charge in [0.2, 0.25) is 0 Å². The average molecular weight is 230 g/mol. The van der Waals surface area contributed by atoms with E-state index < -0.39 is 29.9 Å². The van der Waals surface area contributed by atoms with E-state index in [9.17, 15) is 26.3 Å². The molecule has 0 atom stereocenters. The van der Waals surface area contributed by atoms with E-state index >= 15 is 0 Å². The first-order chi connectivity index (χ1) is 6.80. The first-order valence-electron chi connectivity index (χ1n) is 3.62. The van der Waals surface area contributed by atoms with E-state index in [0.717, 1.165) is 0 Å². The van der Waals surface area contributed by atoms with Gasteiger partial charge in [0.25, 0.3) is 0 Å². The van der Waals surface area contributed by atoms with Crippen LogP contribution in [0.4, 0.5) is 26.3 Å². The van der Waals surface area contributed by atoms with E-state index in [0.29, 0.717) is 12.1 Å². The smallest absolute Gasteiger partial charge is 0.416 e. The van der Waals surface area contributed by atoms with Gasteiger partial charge in [-0.05, 0) is 18.2 Å². The number of hydrogen-bond donors (Lipinski definition) is 0. The van der Waals surface area contributed by atoms with Gasteiger partial charge in [-0.25, -0.2) is 4.39 Å². The molecule has 0 N–H and O–H groups in total. The molecular formula is C8H4F6O. The highest BCUT2D eigenvalue weighted by Crippen LogP contribution is 2.32. The van der Waals surface area contributed by atoms with Crippen molar-refractivity contribution in [2.24, 2.45) is 0 Å². The van der Waals surface area contributed by atoms with Crippen LogP contribution in [-0.4, -0.2) is 6.61 Å². The normalized spacial score (nSPS) is 11.9. The Morgan fingerprint density at radius 2 is 1.73 bits per heavy atom. The molecule has 0 aliphatic heterocycles. The van der Waals surface area contributed by atoms with Crippen molar-refractivity contribution in [3.8, 4) is 5.75 Å². The standard InChI is InChI=1S/C8H4F6O/c9-5-2-1-4(8(12,13)14)3-6(5)15-7(10)11/h1-3,7H. The molecule has 0 aliphatic rings. The summed E-state index contributed by atoms with van der Waals surface area (Å²) in [6.45, 7) is -3.37. The molecule has 0 spiro atoms. The van der Waals surface area contributed by atoms with Crippen molar-refractivity contribution in [2.45, 2.75) is 12.8 Å². The number of alkyl halides is 5. The fourth-order valence-electron chi connectivity index (χ4n) is 0.866. The van der Waals surface area contributed by atoms with Crippen molar-refractivity contribution in [3.05, 3.63) is 29.6 Å². The van der Waals surface area contributed by atoms with Crippen molar-refractivity contribution >= 4 is 0 Å². The van der Waals surface area contributed by atoms with Gasteiger partial charge in [-0.15, -0.1) is 0 Å². The summed E-state index contributed by atoms with van der Waals surface area (Å²) in [5.74, 6) is -2.40. The van der Waals surface area contributed by atoms with Crippen LogP contribution >= 0.6 is 0 Å². The lowest BCUT2D eigenvalue weighted by molar-refractivity contribution is -0.138. The van der Waals surface area contributed by atoms with Crippen LogP contribution in [-0.2, 0) is 6.18 Å². The van der Waals surface area contributed by atoms with Gasteiger partial charge in [0.15, 0.2) is 11.6 Å². The van der Waals surface area contributed by atoms with Gasteiger partial charge in [0.1, 0.15) is 0 Å². The maximum atomic E-state index is 12.7. The Hall–Kier alpha value is -1.40. The first-order valence-corrected chi connectivity index (χ1v) is 3.62. The summed E-state index contributed by atoms with van der Waals surface area (Å²) in [7, 11) is 0. The molecule has 0 saturated heterocycles. The van der Waals surface area contributed by atoms with Crippen molar-refractivity contribution in [1.82, 2.24) is 0 Å². The minimum absolute atomic E-state index is 0.182. The highest BCUT2D eigenvalue weighted by molar-refractivity contribution is 5.31. The zero-order chi connectivity index (χ0) is 11.6. The molecule has 1 aromatic rings. The topological polar surface area (TPSA) is 9.23 Å². The van der Waals surface area contributed by atoms with Gasteiger partial charge in [-0.3, -0.25) is 0 Å². The SMILES string of the molecule is Fc1ccc(C(F)(F)F)cc1OC(F)F. The van der Waals surface area contributed by atoms with E-state index in [1.54, 1.807) is 0 Å². The average Bonchev–Trinajstić information content (AvgIpc) is 2.06. The number of rotatable bonds is 2. The van der Waals surface area contributed by atoms with Crippen LogP contribution in [0.25, 0.3) is 0 Å². The van der Waals surface area contributed by atoms with Gasteiger partial charge in [0.05, 0.1) is 5.56 Å². The molecule has 0 fully saturated rings. The van der Waals surface area contributed by atoms with Crippen molar-refractivity contribution in [3.63, 3.8) is 0 Å². The zero-order valence-corrected chi connectivity index (χ0v) is 6.99. The second kappa shape index (κ2) is 4.00. The summed E-state index contributed by atoms with van der Waals surface area (Å²) < 4.78 is 75.8.